The van der Waals surface area contributed by atoms with Crippen LogP contribution in [0.1, 0.15) is 0 Å². The van der Waals surface area contributed by atoms with Gasteiger partial charge in [0.05, 0.1) is 11.9 Å². The van der Waals surface area contributed by atoms with Crippen LogP contribution in [0.15, 0.2) is 55.0 Å². The largest absolute Gasteiger partial charge is 0.338 e. The first kappa shape index (κ1) is 11.0. The lowest BCUT2D eigenvalue weighted by Crippen LogP contribution is -1.94. The van der Waals surface area contributed by atoms with E-state index in [0.29, 0.717) is 5.02 Å². The van der Waals surface area contributed by atoms with E-state index in [2.05, 4.69) is 15.3 Å². The molecular formula is C14H10ClN3. The molecule has 2 heterocycles. The van der Waals surface area contributed by atoms with E-state index in [0.717, 1.165) is 22.3 Å². The van der Waals surface area contributed by atoms with Gasteiger partial charge >= 0.3 is 0 Å². The number of fused-ring (bicyclic) bond motifs is 1. The summed E-state index contributed by atoms with van der Waals surface area (Å²) in [5.74, 6) is 0.781. The molecule has 3 aromatic rings. The molecule has 0 aliphatic heterocycles. The first-order chi connectivity index (χ1) is 8.83. The van der Waals surface area contributed by atoms with Gasteiger partial charge in [0.2, 0.25) is 0 Å². The molecule has 0 aliphatic rings. The molecule has 4 heteroatoms. The van der Waals surface area contributed by atoms with Crippen molar-refractivity contribution in [3.8, 4) is 0 Å². The Morgan fingerprint density at radius 1 is 1.06 bits per heavy atom. The summed E-state index contributed by atoms with van der Waals surface area (Å²) in [5, 5.41) is 6.03. The summed E-state index contributed by atoms with van der Waals surface area (Å²) in [4.78, 5) is 8.41. The van der Waals surface area contributed by atoms with Crippen LogP contribution in [0.5, 0.6) is 0 Å². The fourth-order valence-electron chi connectivity index (χ4n) is 1.81. The van der Waals surface area contributed by atoms with Gasteiger partial charge in [0.25, 0.3) is 0 Å². The van der Waals surface area contributed by atoms with E-state index in [-0.39, 0.29) is 0 Å². The first-order valence-electron chi connectivity index (χ1n) is 5.54. The van der Waals surface area contributed by atoms with Crippen LogP contribution >= 0.6 is 11.6 Å². The fourth-order valence-corrected chi connectivity index (χ4v) is 1.99. The van der Waals surface area contributed by atoms with Gasteiger partial charge in [0, 0.05) is 22.8 Å². The number of nitrogens with zero attached hydrogens (tertiary/aromatic N) is 2. The Balaban J connectivity index is 2.09. The third kappa shape index (κ3) is 2.13. The summed E-state index contributed by atoms with van der Waals surface area (Å²) >= 11 is 6.03. The lowest BCUT2D eigenvalue weighted by molar-refractivity contribution is 1.29. The smallest absolute Gasteiger partial charge is 0.138 e. The molecule has 2 aromatic heterocycles. The van der Waals surface area contributed by atoms with Gasteiger partial charge < -0.3 is 5.32 Å². The van der Waals surface area contributed by atoms with E-state index in [9.17, 15) is 0 Å². The van der Waals surface area contributed by atoms with Crippen molar-refractivity contribution in [1.82, 2.24) is 9.97 Å². The predicted molar refractivity (Wildman–Crippen MR) is 74.3 cm³/mol. The quantitative estimate of drug-likeness (QED) is 0.751. The van der Waals surface area contributed by atoms with E-state index in [4.69, 9.17) is 11.6 Å². The Morgan fingerprint density at radius 3 is 2.83 bits per heavy atom. The molecule has 3 nitrogen and oxygen atoms in total. The molecule has 0 saturated heterocycles. The van der Waals surface area contributed by atoms with Gasteiger partial charge in [0.15, 0.2) is 0 Å². The lowest BCUT2D eigenvalue weighted by Gasteiger charge is -2.08. The topological polar surface area (TPSA) is 37.8 Å². The SMILES string of the molecule is Clc1ccc2ccnc(Nc3cccnc3)c2c1. The maximum atomic E-state index is 6.03. The second-order valence-electron chi connectivity index (χ2n) is 3.89. The molecule has 0 saturated carbocycles. The highest BCUT2D eigenvalue weighted by molar-refractivity contribution is 6.31. The number of aromatic nitrogens is 2. The van der Waals surface area contributed by atoms with Crippen LogP contribution in [-0.4, -0.2) is 9.97 Å². The van der Waals surface area contributed by atoms with Gasteiger partial charge in [-0.3, -0.25) is 4.98 Å². The number of rotatable bonds is 2. The zero-order valence-corrected chi connectivity index (χ0v) is 10.2. The molecule has 0 bridgehead atoms. The van der Waals surface area contributed by atoms with Crippen LogP contribution in [0.4, 0.5) is 11.5 Å². The van der Waals surface area contributed by atoms with Crippen LogP contribution in [0.2, 0.25) is 5.02 Å². The zero-order chi connectivity index (χ0) is 12.4. The Kier molecular flexibility index (Phi) is 2.82. The summed E-state index contributed by atoms with van der Waals surface area (Å²) in [6.07, 6.45) is 5.26. The number of anilines is 2. The maximum Gasteiger partial charge on any atom is 0.138 e. The average Bonchev–Trinajstić information content (AvgIpc) is 2.41. The summed E-state index contributed by atoms with van der Waals surface area (Å²) in [7, 11) is 0. The van der Waals surface area contributed by atoms with Crippen molar-refractivity contribution in [3.05, 3.63) is 60.0 Å². The third-order valence-electron chi connectivity index (χ3n) is 2.65. The Bertz CT molecular complexity index is 683. The van der Waals surface area contributed by atoms with Crippen LogP contribution in [0, 0.1) is 0 Å². The number of nitrogens with one attached hydrogen (secondary N) is 1. The molecule has 1 N–H and O–H groups in total. The second-order valence-corrected chi connectivity index (χ2v) is 4.33. The first-order valence-corrected chi connectivity index (χ1v) is 5.92. The summed E-state index contributed by atoms with van der Waals surface area (Å²) < 4.78 is 0. The fraction of sp³-hybridized carbons (Fsp3) is 0. The van der Waals surface area contributed by atoms with Gasteiger partial charge in [-0.05, 0) is 35.7 Å². The maximum absolute atomic E-state index is 6.03. The van der Waals surface area contributed by atoms with E-state index in [1.165, 1.54) is 0 Å². The molecule has 0 fully saturated rings. The monoisotopic (exact) mass is 255 g/mol. The number of benzene rings is 1. The molecule has 0 aliphatic carbocycles. The van der Waals surface area contributed by atoms with E-state index in [1.807, 2.05) is 36.4 Å². The average molecular weight is 256 g/mol. The third-order valence-corrected chi connectivity index (χ3v) is 2.89. The van der Waals surface area contributed by atoms with Crippen LogP contribution in [0.3, 0.4) is 0 Å². The van der Waals surface area contributed by atoms with Gasteiger partial charge in [-0.15, -0.1) is 0 Å². The van der Waals surface area contributed by atoms with Gasteiger partial charge in [0.1, 0.15) is 5.82 Å². The summed E-state index contributed by atoms with van der Waals surface area (Å²) in [6, 6.07) is 11.5. The lowest BCUT2D eigenvalue weighted by atomic mass is 10.1. The minimum absolute atomic E-state index is 0.699. The predicted octanol–water partition coefficient (Wildman–Crippen LogP) is 4.03. The van der Waals surface area contributed by atoms with Crippen LogP contribution in [0.25, 0.3) is 10.8 Å². The van der Waals surface area contributed by atoms with Crippen LogP contribution in [-0.2, 0) is 0 Å². The molecule has 88 valence electrons. The standard InChI is InChI=1S/C14H10ClN3/c15-11-4-3-10-5-7-17-14(13(10)8-11)18-12-2-1-6-16-9-12/h1-9H,(H,17,18). The normalized spacial score (nSPS) is 10.5. The van der Waals surface area contributed by atoms with E-state index >= 15 is 0 Å². The van der Waals surface area contributed by atoms with Gasteiger partial charge in [-0.2, -0.15) is 0 Å². The summed E-state index contributed by atoms with van der Waals surface area (Å²) in [5.41, 5.74) is 0.900. The molecule has 3 rings (SSSR count). The molecule has 1 aromatic carbocycles. The zero-order valence-electron chi connectivity index (χ0n) is 9.47. The van der Waals surface area contributed by atoms with Crippen molar-refractivity contribution in [2.45, 2.75) is 0 Å². The minimum Gasteiger partial charge on any atom is -0.338 e. The minimum atomic E-state index is 0.699. The molecule has 0 radical (unpaired) electrons. The highest BCUT2D eigenvalue weighted by Gasteiger charge is 2.03. The second kappa shape index (κ2) is 4.63. The summed E-state index contributed by atoms with van der Waals surface area (Å²) in [6.45, 7) is 0. The van der Waals surface area contributed by atoms with E-state index in [1.54, 1.807) is 18.6 Å². The van der Waals surface area contributed by atoms with E-state index < -0.39 is 0 Å². The highest BCUT2D eigenvalue weighted by Crippen LogP contribution is 2.26. The number of halogens is 1. The highest BCUT2D eigenvalue weighted by atomic mass is 35.5. The van der Waals surface area contributed by atoms with Crippen molar-refractivity contribution in [2.24, 2.45) is 0 Å². The molecule has 0 unspecified atom stereocenters. The molecule has 0 atom stereocenters. The van der Waals surface area contributed by atoms with Crippen molar-refractivity contribution in [3.63, 3.8) is 0 Å². The van der Waals surface area contributed by atoms with Crippen molar-refractivity contribution in [2.75, 3.05) is 5.32 Å². The van der Waals surface area contributed by atoms with Crippen molar-refractivity contribution in [1.29, 1.82) is 0 Å². The number of hydrogen-bond donors (Lipinski definition) is 1. The van der Waals surface area contributed by atoms with Gasteiger partial charge in [-0.25, -0.2) is 4.98 Å². The van der Waals surface area contributed by atoms with Crippen LogP contribution < -0.4 is 5.32 Å². The Hall–Kier alpha value is -2.13. The number of hydrogen-bond acceptors (Lipinski definition) is 3. The molecule has 18 heavy (non-hydrogen) atoms. The number of pyridine rings is 2. The Morgan fingerprint density at radius 2 is 2.00 bits per heavy atom. The van der Waals surface area contributed by atoms with Crippen molar-refractivity contribution < 1.29 is 0 Å². The molecular weight excluding hydrogens is 246 g/mol. The van der Waals surface area contributed by atoms with Gasteiger partial charge in [-0.1, -0.05) is 17.7 Å². The van der Waals surface area contributed by atoms with Crippen molar-refractivity contribution >= 4 is 33.9 Å². The molecule has 0 spiro atoms. The molecule has 0 amide bonds. The Labute approximate surface area is 109 Å².